The molecule has 1 rings (SSSR count). The molecule has 0 aromatic carbocycles. The second-order valence-corrected chi connectivity index (χ2v) is 2.56. The monoisotopic (exact) mass is 135 g/mol. The maximum absolute atomic E-state index is 6.87. The fraction of sp³-hybridized carbons (Fsp3) is 0.444. The van der Waals surface area contributed by atoms with E-state index in [9.17, 15) is 0 Å². The van der Waals surface area contributed by atoms with Crippen LogP contribution in [0.4, 0.5) is 0 Å². The van der Waals surface area contributed by atoms with Crippen LogP contribution in [-0.2, 0) is 0 Å². The zero-order valence-corrected chi connectivity index (χ0v) is 6.35. The summed E-state index contributed by atoms with van der Waals surface area (Å²) < 4.78 is 0. The number of nitrogens with one attached hydrogen (secondary N) is 1. The van der Waals surface area contributed by atoms with Crippen LogP contribution in [0.1, 0.15) is 26.2 Å². The van der Waals surface area contributed by atoms with Crippen molar-refractivity contribution >= 4 is 6.21 Å². The van der Waals surface area contributed by atoms with E-state index in [-0.39, 0.29) is 0 Å². The highest BCUT2D eigenvalue weighted by atomic mass is 14.3. The van der Waals surface area contributed by atoms with Crippen molar-refractivity contribution in [1.82, 2.24) is 0 Å². The van der Waals surface area contributed by atoms with Gasteiger partial charge in [0.2, 0.25) is 0 Å². The van der Waals surface area contributed by atoms with Gasteiger partial charge in [-0.2, -0.15) is 0 Å². The van der Waals surface area contributed by atoms with E-state index in [2.05, 4.69) is 13.0 Å². The van der Waals surface area contributed by atoms with Gasteiger partial charge in [-0.15, -0.1) is 0 Å². The largest absolute Gasteiger partial charge is 0.309 e. The van der Waals surface area contributed by atoms with Crippen molar-refractivity contribution in [3.8, 4) is 0 Å². The number of allylic oxidation sites excluding steroid dienone is 4. The van der Waals surface area contributed by atoms with Gasteiger partial charge in [0.25, 0.3) is 0 Å². The van der Waals surface area contributed by atoms with Crippen LogP contribution in [0, 0.1) is 5.41 Å². The first-order valence-corrected chi connectivity index (χ1v) is 3.76. The van der Waals surface area contributed by atoms with Gasteiger partial charge in [0.1, 0.15) is 0 Å². The molecule has 0 aromatic heterocycles. The molecule has 1 nitrogen and oxygen atoms in total. The van der Waals surface area contributed by atoms with E-state index < -0.39 is 0 Å². The van der Waals surface area contributed by atoms with Crippen molar-refractivity contribution in [3.63, 3.8) is 0 Å². The minimum atomic E-state index is 1.04. The van der Waals surface area contributed by atoms with Gasteiger partial charge in [-0.05, 0) is 30.9 Å². The number of rotatable bonds is 3. The standard InChI is InChI=1S/C9H13N/c1-2-8(5-6-10)7-9-3-4-9/h5-7,10H,2-4H2,1H3/b8-5+,10-6?. The van der Waals surface area contributed by atoms with Crippen LogP contribution in [-0.4, -0.2) is 6.21 Å². The Morgan fingerprint density at radius 3 is 2.70 bits per heavy atom. The lowest BCUT2D eigenvalue weighted by atomic mass is 10.2. The average molecular weight is 135 g/mol. The van der Waals surface area contributed by atoms with Crippen LogP contribution < -0.4 is 0 Å². The SMILES string of the molecule is CC/C(C=C1CC1)=C\C=N. The zero-order chi connectivity index (χ0) is 7.40. The maximum atomic E-state index is 6.87. The Morgan fingerprint density at radius 1 is 1.60 bits per heavy atom. The Labute approximate surface area is 62.0 Å². The molecule has 0 saturated heterocycles. The first kappa shape index (κ1) is 7.26. The predicted molar refractivity (Wildman–Crippen MR) is 44.5 cm³/mol. The fourth-order valence-corrected chi connectivity index (χ4v) is 0.854. The molecule has 0 spiro atoms. The van der Waals surface area contributed by atoms with E-state index in [1.165, 1.54) is 30.2 Å². The summed E-state index contributed by atoms with van der Waals surface area (Å²) >= 11 is 0. The molecule has 1 aliphatic carbocycles. The Morgan fingerprint density at radius 2 is 2.30 bits per heavy atom. The van der Waals surface area contributed by atoms with E-state index in [0.29, 0.717) is 0 Å². The summed E-state index contributed by atoms with van der Waals surface area (Å²) in [5.74, 6) is 0. The van der Waals surface area contributed by atoms with Crippen LogP contribution in [0.2, 0.25) is 0 Å². The van der Waals surface area contributed by atoms with Crippen LogP contribution in [0.15, 0.2) is 23.3 Å². The van der Waals surface area contributed by atoms with E-state index in [0.717, 1.165) is 6.42 Å². The molecule has 1 heteroatoms. The summed E-state index contributed by atoms with van der Waals surface area (Å²) in [5, 5.41) is 6.87. The normalized spacial score (nSPS) is 16.9. The molecular weight excluding hydrogens is 122 g/mol. The smallest absolute Gasteiger partial charge is 0.0180 e. The average Bonchev–Trinajstić information content (AvgIpc) is 2.71. The highest BCUT2D eigenvalue weighted by Gasteiger charge is 2.09. The van der Waals surface area contributed by atoms with Gasteiger partial charge in [-0.25, -0.2) is 0 Å². The van der Waals surface area contributed by atoms with Crippen molar-refractivity contribution in [2.24, 2.45) is 0 Å². The molecule has 0 unspecified atom stereocenters. The van der Waals surface area contributed by atoms with Gasteiger partial charge < -0.3 is 5.41 Å². The maximum Gasteiger partial charge on any atom is 0.0180 e. The van der Waals surface area contributed by atoms with Crippen molar-refractivity contribution in [2.45, 2.75) is 26.2 Å². The van der Waals surface area contributed by atoms with Gasteiger partial charge in [0.15, 0.2) is 0 Å². The van der Waals surface area contributed by atoms with Crippen molar-refractivity contribution in [2.75, 3.05) is 0 Å². The minimum Gasteiger partial charge on any atom is -0.309 e. The molecular formula is C9H13N. The predicted octanol–water partition coefficient (Wildman–Crippen LogP) is 2.69. The summed E-state index contributed by atoms with van der Waals surface area (Å²) in [6.07, 6.45) is 9.03. The molecule has 1 aliphatic rings. The highest BCUT2D eigenvalue weighted by molar-refractivity contribution is 5.70. The molecule has 10 heavy (non-hydrogen) atoms. The Hall–Kier alpha value is -0.850. The molecule has 1 N–H and O–H groups in total. The molecule has 0 aromatic rings. The Kier molecular flexibility index (Phi) is 2.43. The third-order valence-electron chi connectivity index (χ3n) is 1.63. The van der Waals surface area contributed by atoms with Crippen LogP contribution in [0.25, 0.3) is 0 Å². The molecule has 1 fully saturated rings. The molecule has 0 atom stereocenters. The summed E-state index contributed by atoms with van der Waals surface area (Å²) in [7, 11) is 0. The van der Waals surface area contributed by atoms with E-state index in [1.54, 1.807) is 0 Å². The molecule has 0 heterocycles. The minimum absolute atomic E-state index is 1.04. The lowest BCUT2D eigenvalue weighted by Gasteiger charge is -1.91. The molecule has 0 bridgehead atoms. The van der Waals surface area contributed by atoms with Gasteiger partial charge in [-0.1, -0.05) is 18.6 Å². The first-order chi connectivity index (χ1) is 4.86. The molecule has 1 saturated carbocycles. The van der Waals surface area contributed by atoms with Crippen molar-refractivity contribution in [3.05, 3.63) is 23.3 Å². The van der Waals surface area contributed by atoms with Gasteiger partial charge >= 0.3 is 0 Å². The van der Waals surface area contributed by atoms with Crippen LogP contribution >= 0.6 is 0 Å². The second kappa shape index (κ2) is 3.35. The van der Waals surface area contributed by atoms with E-state index >= 15 is 0 Å². The Balaban J connectivity index is 2.55. The zero-order valence-electron chi connectivity index (χ0n) is 6.35. The number of hydrogen-bond donors (Lipinski definition) is 1. The van der Waals surface area contributed by atoms with Crippen molar-refractivity contribution < 1.29 is 0 Å². The molecule has 0 aliphatic heterocycles. The summed E-state index contributed by atoms with van der Waals surface area (Å²) in [6.45, 7) is 2.12. The fourth-order valence-electron chi connectivity index (χ4n) is 0.854. The first-order valence-electron chi connectivity index (χ1n) is 3.76. The summed E-state index contributed by atoms with van der Waals surface area (Å²) in [4.78, 5) is 0. The number of hydrogen-bond acceptors (Lipinski definition) is 1. The molecule has 0 radical (unpaired) electrons. The summed E-state index contributed by atoms with van der Waals surface area (Å²) in [6, 6.07) is 0. The lowest BCUT2D eigenvalue weighted by Crippen LogP contribution is -1.74. The third kappa shape index (κ3) is 2.18. The van der Waals surface area contributed by atoms with Gasteiger partial charge in [0, 0.05) is 6.21 Å². The topological polar surface area (TPSA) is 23.9 Å². The molecule has 0 amide bonds. The quantitative estimate of drug-likeness (QED) is 0.575. The molecule has 54 valence electrons. The Bertz CT molecular complexity index is 178. The second-order valence-electron chi connectivity index (χ2n) is 2.56. The lowest BCUT2D eigenvalue weighted by molar-refractivity contribution is 1.15. The third-order valence-corrected chi connectivity index (χ3v) is 1.63. The van der Waals surface area contributed by atoms with E-state index in [1.807, 2.05) is 6.08 Å². The van der Waals surface area contributed by atoms with Crippen LogP contribution in [0.5, 0.6) is 0 Å². The van der Waals surface area contributed by atoms with Gasteiger partial charge in [0.05, 0.1) is 0 Å². The van der Waals surface area contributed by atoms with Gasteiger partial charge in [-0.3, -0.25) is 0 Å². The highest BCUT2D eigenvalue weighted by Crippen LogP contribution is 2.29. The summed E-state index contributed by atoms with van der Waals surface area (Å²) in [5.41, 5.74) is 2.82. The van der Waals surface area contributed by atoms with E-state index in [4.69, 9.17) is 5.41 Å². The van der Waals surface area contributed by atoms with Crippen LogP contribution in [0.3, 0.4) is 0 Å². The van der Waals surface area contributed by atoms with Crippen molar-refractivity contribution in [1.29, 1.82) is 5.41 Å².